The Morgan fingerprint density at radius 1 is 1.30 bits per heavy atom. The monoisotopic (exact) mass is 364 g/mol. The lowest BCUT2D eigenvalue weighted by atomic mass is 10.1. The number of thiophene rings is 2. The minimum absolute atomic E-state index is 0.113. The van der Waals surface area contributed by atoms with Crippen molar-refractivity contribution < 1.29 is 4.79 Å². The highest BCUT2D eigenvalue weighted by atomic mass is 35.5. The van der Waals surface area contributed by atoms with Crippen molar-refractivity contribution in [3.05, 3.63) is 56.6 Å². The molecule has 3 rings (SSSR count). The molecule has 0 fully saturated rings. The molecule has 0 aliphatic heterocycles. The Kier molecular flexibility index (Phi) is 5.02. The van der Waals surface area contributed by atoms with E-state index in [-0.39, 0.29) is 11.9 Å². The molecule has 0 bridgehead atoms. The van der Waals surface area contributed by atoms with Crippen molar-refractivity contribution in [1.82, 2.24) is 10.2 Å². The molecule has 1 aromatic carbocycles. The van der Waals surface area contributed by atoms with E-state index in [9.17, 15) is 4.79 Å². The summed E-state index contributed by atoms with van der Waals surface area (Å²) in [6, 6.07) is 10.1. The standard InChI is InChI=1S/C17H17ClN2OS2/c1-20(2)13(11-7-8-22-10-11)9-19-17(21)16-15(18)12-5-3-4-6-14(12)23-16/h3-8,10,13H,9H2,1-2H3,(H,19,21). The smallest absolute Gasteiger partial charge is 0.262 e. The topological polar surface area (TPSA) is 32.3 Å². The van der Waals surface area contributed by atoms with Gasteiger partial charge in [-0.1, -0.05) is 29.8 Å². The number of halogens is 1. The van der Waals surface area contributed by atoms with Gasteiger partial charge in [-0.3, -0.25) is 4.79 Å². The molecule has 1 unspecified atom stereocenters. The Morgan fingerprint density at radius 2 is 2.09 bits per heavy atom. The SMILES string of the molecule is CN(C)C(CNC(=O)c1sc2ccccc2c1Cl)c1ccsc1. The minimum atomic E-state index is -0.113. The molecule has 0 aliphatic carbocycles. The summed E-state index contributed by atoms with van der Waals surface area (Å²) >= 11 is 9.47. The van der Waals surface area contributed by atoms with E-state index >= 15 is 0 Å². The van der Waals surface area contributed by atoms with Crippen LogP contribution in [0.1, 0.15) is 21.3 Å². The number of rotatable bonds is 5. The number of hydrogen-bond acceptors (Lipinski definition) is 4. The third kappa shape index (κ3) is 3.43. The van der Waals surface area contributed by atoms with Gasteiger partial charge in [-0.2, -0.15) is 11.3 Å². The van der Waals surface area contributed by atoms with Crippen molar-refractivity contribution >= 4 is 50.3 Å². The largest absolute Gasteiger partial charge is 0.349 e. The van der Waals surface area contributed by atoms with Crippen molar-refractivity contribution in [1.29, 1.82) is 0 Å². The summed E-state index contributed by atoms with van der Waals surface area (Å²) in [5.41, 5.74) is 1.21. The summed E-state index contributed by atoms with van der Waals surface area (Å²) in [5.74, 6) is -0.113. The molecule has 6 heteroatoms. The van der Waals surface area contributed by atoms with Gasteiger partial charge in [0.25, 0.3) is 5.91 Å². The summed E-state index contributed by atoms with van der Waals surface area (Å²) in [6.07, 6.45) is 0. The molecule has 23 heavy (non-hydrogen) atoms. The fourth-order valence-electron chi connectivity index (χ4n) is 2.49. The number of likely N-dealkylation sites (N-methyl/N-ethyl adjacent to an activating group) is 1. The number of benzene rings is 1. The maximum atomic E-state index is 12.5. The number of carbonyl (C=O) groups excluding carboxylic acids is 1. The normalized spacial score (nSPS) is 12.7. The summed E-state index contributed by atoms with van der Waals surface area (Å²) in [7, 11) is 4.03. The van der Waals surface area contributed by atoms with E-state index in [0.29, 0.717) is 16.4 Å². The van der Waals surface area contributed by atoms with E-state index in [2.05, 4.69) is 27.0 Å². The van der Waals surface area contributed by atoms with Crippen molar-refractivity contribution in [2.45, 2.75) is 6.04 Å². The second kappa shape index (κ2) is 7.01. The summed E-state index contributed by atoms with van der Waals surface area (Å²) < 4.78 is 1.03. The number of carbonyl (C=O) groups is 1. The van der Waals surface area contributed by atoms with Gasteiger partial charge >= 0.3 is 0 Å². The van der Waals surface area contributed by atoms with Crippen LogP contribution in [0.5, 0.6) is 0 Å². The lowest BCUT2D eigenvalue weighted by Gasteiger charge is -2.23. The van der Waals surface area contributed by atoms with E-state index in [0.717, 1.165) is 10.1 Å². The van der Waals surface area contributed by atoms with Gasteiger partial charge in [0.2, 0.25) is 0 Å². The first-order valence-corrected chi connectivity index (χ1v) is 9.35. The molecule has 3 aromatic rings. The van der Waals surface area contributed by atoms with E-state index in [1.807, 2.05) is 38.4 Å². The van der Waals surface area contributed by atoms with Crippen molar-refractivity contribution in [3.8, 4) is 0 Å². The van der Waals surface area contributed by atoms with Gasteiger partial charge < -0.3 is 10.2 Å². The molecule has 1 amide bonds. The van der Waals surface area contributed by atoms with Crippen LogP contribution in [-0.2, 0) is 0 Å². The Bertz CT molecular complexity index is 811. The van der Waals surface area contributed by atoms with Crippen LogP contribution in [0, 0.1) is 0 Å². The van der Waals surface area contributed by atoms with Crippen molar-refractivity contribution in [2.75, 3.05) is 20.6 Å². The lowest BCUT2D eigenvalue weighted by Crippen LogP contribution is -2.34. The molecule has 0 saturated heterocycles. The quantitative estimate of drug-likeness (QED) is 0.714. The zero-order chi connectivity index (χ0) is 16.4. The molecule has 0 aliphatic rings. The molecule has 0 saturated carbocycles. The first-order valence-electron chi connectivity index (χ1n) is 7.21. The van der Waals surface area contributed by atoms with Gasteiger partial charge in [0.1, 0.15) is 4.88 Å². The fourth-order valence-corrected chi connectivity index (χ4v) is 4.63. The van der Waals surface area contributed by atoms with Crippen LogP contribution in [0.2, 0.25) is 5.02 Å². The highest BCUT2D eigenvalue weighted by Crippen LogP contribution is 2.35. The Labute approximate surface area is 148 Å². The fraction of sp³-hybridized carbons (Fsp3) is 0.235. The molecule has 3 nitrogen and oxygen atoms in total. The molecular weight excluding hydrogens is 348 g/mol. The predicted octanol–water partition coefficient (Wildman–Crippen LogP) is 4.65. The third-order valence-electron chi connectivity index (χ3n) is 3.75. The third-order valence-corrected chi connectivity index (χ3v) is 6.12. The van der Waals surface area contributed by atoms with Crippen LogP contribution >= 0.6 is 34.3 Å². The summed E-state index contributed by atoms with van der Waals surface area (Å²) in [6.45, 7) is 0.549. The van der Waals surface area contributed by atoms with Crippen LogP contribution in [0.25, 0.3) is 10.1 Å². The first-order chi connectivity index (χ1) is 11.1. The zero-order valence-electron chi connectivity index (χ0n) is 12.9. The van der Waals surface area contributed by atoms with Crippen LogP contribution in [-0.4, -0.2) is 31.4 Å². The average Bonchev–Trinajstić information content (AvgIpc) is 3.16. The van der Waals surface area contributed by atoms with Crippen LogP contribution in [0.4, 0.5) is 0 Å². The van der Waals surface area contributed by atoms with Crippen LogP contribution in [0.15, 0.2) is 41.1 Å². The van der Waals surface area contributed by atoms with Gasteiger partial charge in [-0.05, 0) is 42.6 Å². The molecule has 0 radical (unpaired) electrons. The number of fused-ring (bicyclic) bond motifs is 1. The van der Waals surface area contributed by atoms with Gasteiger partial charge in [0.15, 0.2) is 0 Å². The highest BCUT2D eigenvalue weighted by Gasteiger charge is 2.20. The Balaban J connectivity index is 1.76. The predicted molar refractivity (Wildman–Crippen MR) is 99.9 cm³/mol. The summed E-state index contributed by atoms with van der Waals surface area (Å²) in [5, 5.41) is 8.66. The van der Waals surface area contributed by atoms with Gasteiger partial charge in [0.05, 0.1) is 11.1 Å². The molecule has 120 valence electrons. The Morgan fingerprint density at radius 3 is 2.74 bits per heavy atom. The van der Waals surface area contributed by atoms with Gasteiger partial charge in [-0.15, -0.1) is 11.3 Å². The highest BCUT2D eigenvalue weighted by molar-refractivity contribution is 7.21. The van der Waals surface area contributed by atoms with E-state index in [4.69, 9.17) is 11.6 Å². The maximum absolute atomic E-state index is 12.5. The van der Waals surface area contributed by atoms with E-state index in [1.54, 1.807) is 11.3 Å². The molecule has 2 heterocycles. The van der Waals surface area contributed by atoms with E-state index in [1.165, 1.54) is 16.9 Å². The van der Waals surface area contributed by atoms with Crippen molar-refractivity contribution in [2.24, 2.45) is 0 Å². The van der Waals surface area contributed by atoms with Crippen LogP contribution in [0.3, 0.4) is 0 Å². The molecule has 0 spiro atoms. The average molecular weight is 365 g/mol. The first kappa shape index (κ1) is 16.5. The number of nitrogens with one attached hydrogen (secondary N) is 1. The molecule has 1 atom stereocenters. The molecule has 1 N–H and O–H groups in total. The lowest BCUT2D eigenvalue weighted by molar-refractivity contribution is 0.0946. The molecule has 2 aromatic heterocycles. The second-order valence-corrected chi connectivity index (χ2v) is 7.70. The van der Waals surface area contributed by atoms with Gasteiger partial charge in [-0.25, -0.2) is 0 Å². The Hall–Kier alpha value is -1.40. The van der Waals surface area contributed by atoms with Crippen LogP contribution < -0.4 is 5.32 Å². The zero-order valence-corrected chi connectivity index (χ0v) is 15.3. The van der Waals surface area contributed by atoms with E-state index < -0.39 is 0 Å². The molecular formula is C17H17ClN2OS2. The van der Waals surface area contributed by atoms with Gasteiger partial charge in [0, 0.05) is 16.6 Å². The second-order valence-electron chi connectivity index (χ2n) is 5.49. The minimum Gasteiger partial charge on any atom is -0.349 e. The van der Waals surface area contributed by atoms with Crippen molar-refractivity contribution in [3.63, 3.8) is 0 Å². The number of amides is 1. The number of nitrogens with zero attached hydrogens (tertiary/aromatic N) is 1. The summed E-state index contributed by atoms with van der Waals surface area (Å²) in [4.78, 5) is 15.2. The maximum Gasteiger partial charge on any atom is 0.262 e. The number of hydrogen-bond donors (Lipinski definition) is 1.